The van der Waals surface area contributed by atoms with Crippen molar-refractivity contribution in [2.45, 2.75) is 6.04 Å². The van der Waals surface area contributed by atoms with Crippen molar-refractivity contribution in [3.8, 4) is 0 Å². The number of piperazine rings is 1. The lowest BCUT2D eigenvalue weighted by molar-refractivity contribution is -0.123. The molecule has 0 spiro atoms. The normalized spacial score (nSPS) is 21.7. The van der Waals surface area contributed by atoms with E-state index in [4.69, 9.17) is 0 Å². The molecule has 4 N–H and O–H groups in total. The Morgan fingerprint density at radius 1 is 1.44 bits per heavy atom. The molecule has 1 rings (SSSR count). The number of hydrogen-bond donors (Lipinski definition) is 4. The molecule has 1 fully saturated rings. The molecule has 1 aliphatic heterocycles. The SMILES string of the molecule is CNS(=O)(=O)CCNC(=O)C1CNCCN1. The van der Waals surface area contributed by atoms with Crippen LogP contribution in [0, 0.1) is 0 Å². The van der Waals surface area contributed by atoms with Crippen LogP contribution in [0.5, 0.6) is 0 Å². The van der Waals surface area contributed by atoms with Crippen LogP contribution >= 0.6 is 0 Å². The van der Waals surface area contributed by atoms with E-state index in [0.717, 1.165) is 13.1 Å². The van der Waals surface area contributed by atoms with Crippen LogP contribution in [0.15, 0.2) is 0 Å². The molecule has 1 aliphatic rings. The van der Waals surface area contributed by atoms with Gasteiger partial charge in [-0.1, -0.05) is 0 Å². The molecule has 0 bridgehead atoms. The van der Waals surface area contributed by atoms with Gasteiger partial charge in [0.2, 0.25) is 15.9 Å². The summed E-state index contributed by atoms with van der Waals surface area (Å²) in [5.41, 5.74) is 0. The van der Waals surface area contributed by atoms with Gasteiger partial charge in [-0.05, 0) is 7.05 Å². The summed E-state index contributed by atoms with van der Waals surface area (Å²) in [6.07, 6.45) is 0. The smallest absolute Gasteiger partial charge is 0.238 e. The number of nitrogens with one attached hydrogen (secondary N) is 4. The molecule has 16 heavy (non-hydrogen) atoms. The van der Waals surface area contributed by atoms with Crippen LogP contribution in [0.1, 0.15) is 0 Å². The second kappa shape index (κ2) is 6.14. The van der Waals surface area contributed by atoms with Gasteiger partial charge < -0.3 is 16.0 Å². The summed E-state index contributed by atoms with van der Waals surface area (Å²) in [4.78, 5) is 11.5. The van der Waals surface area contributed by atoms with Gasteiger partial charge in [-0.2, -0.15) is 0 Å². The summed E-state index contributed by atoms with van der Waals surface area (Å²) < 4.78 is 24.3. The zero-order valence-electron chi connectivity index (χ0n) is 9.25. The molecule has 8 heteroatoms. The molecule has 7 nitrogen and oxygen atoms in total. The lowest BCUT2D eigenvalue weighted by Crippen LogP contribution is -2.56. The molecule has 0 aromatic heterocycles. The third-order valence-corrected chi connectivity index (χ3v) is 3.70. The highest BCUT2D eigenvalue weighted by Gasteiger charge is 2.20. The van der Waals surface area contributed by atoms with E-state index in [9.17, 15) is 13.2 Å². The van der Waals surface area contributed by atoms with Crippen molar-refractivity contribution in [2.24, 2.45) is 0 Å². The molecule has 0 saturated carbocycles. The fraction of sp³-hybridized carbons (Fsp3) is 0.875. The molecule has 1 atom stereocenters. The third-order valence-electron chi connectivity index (χ3n) is 2.34. The molecule has 0 aromatic rings. The highest BCUT2D eigenvalue weighted by atomic mass is 32.2. The Kier molecular flexibility index (Phi) is 5.13. The number of carbonyl (C=O) groups is 1. The van der Waals surface area contributed by atoms with Gasteiger partial charge in [0.25, 0.3) is 0 Å². The molecular weight excluding hydrogens is 232 g/mol. The fourth-order valence-corrected chi connectivity index (χ4v) is 1.95. The molecule has 0 aromatic carbocycles. The minimum absolute atomic E-state index is 0.102. The molecular formula is C8H18N4O3S. The van der Waals surface area contributed by atoms with Crippen LogP contribution in [-0.4, -0.2) is 59.3 Å². The van der Waals surface area contributed by atoms with E-state index in [0.29, 0.717) is 6.54 Å². The van der Waals surface area contributed by atoms with Gasteiger partial charge in [-0.15, -0.1) is 0 Å². The van der Waals surface area contributed by atoms with Gasteiger partial charge in [0.1, 0.15) is 0 Å². The Morgan fingerprint density at radius 3 is 2.75 bits per heavy atom. The topological polar surface area (TPSA) is 99.3 Å². The molecule has 1 heterocycles. The van der Waals surface area contributed by atoms with E-state index in [1.54, 1.807) is 0 Å². The highest BCUT2D eigenvalue weighted by Crippen LogP contribution is 1.87. The highest BCUT2D eigenvalue weighted by molar-refractivity contribution is 7.89. The lowest BCUT2D eigenvalue weighted by Gasteiger charge is -2.23. The third kappa shape index (κ3) is 4.44. The van der Waals surface area contributed by atoms with Crippen molar-refractivity contribution < 1.29 is 13.2 Å². The lowest BCUT2D eigenvalue weighted by atomic mass is 10.2. The maximum Gasteiger partial charge on any atom is 0.238 e. The fourth-order valence-electron chi connectivity index (χ4n) is 1.37. The van der Waals surface area contributed by atoms with Gasteiger partial charge in [-0.25, -0.2) is 13.1 Å². The van der Waals surface area contributed by atoms with Gasteiger partial charge in [0, 0.05) is 26.2 Å². The molecule has 0 radical (unpaired) electrons. The van der Waals surface area contributed by atoms with E-state index >= 15 is 0 Å². The average Bonchev–Trinajstić information content (AvgIpc) is 2.30. The summed E-state index contributed by atoms with van der Waals surface area (Å²) >= 11 is 0. The quantitative estimate of drug-likeness (QED) is 0.423. The summed E-state index contributed by atoms with van der Waals surface area (Å²) in [6.45, 7) is 2.29. The standard InChI is InChI=1S/C8H18N4O3S/c1-9-16(14,15)5-4-12-8(13)7-6-10-2-3-11-7/h7,9-11H,2-6H2,1H3,(H,12,13). The number of rotatable bonds is 5. The first-order valence-electron chi connectivity index (χ1n) is 5.18. The second-order valence-corrected chi connectivity index (χ2v) is 5.57. The number of amides is 1. The van der Waals surface area contributed by atoms with Crippen molar-refractivity contribution in [2.75, 3.05) is 39.0 Å². The van der Waals surface area contributed by atoms with E-state index in [1.807, 2.05) is 0 Å². The largest absolute Gasteiger partial charge is 0.354 e. The summed E-state index contributed by atoms with van der Waals surface area (Å²) in [5, 5.41) is 8.70. The van der Waals surface area contributed by atoms with Crippen LogP contribution < -0.4 is 20.7 Å². The van der Waals surface area contributed by atoms with Crippen LogP contribution in [0.2, 0.25) is 0 Å². The molecule has 1 amide bonds. The maximum absolute atomic E-state index is 11.5. The van der Waals surface area contributed by atoms with Crippen LogP contribution in [0.4, 0.5) is 0 Å². The first-order valence-corrected chi connectivity index (χ1v) is 6.83. The van der Waals surface area contributed by atoms with Crippen molar-refractivity contribution >= 4 is 15.9 Å². The number of sulfonamides is 1. The van der Waals surface area contributed by atoms with Crippen molar-refractivity contribution in [1.29, 1.82) is 0 Å². The first-order chi connectivity index (χ1) is 7.55. The Balaban J connectivity index is 2.24. The monoisotopic (exact) mass is 250 g/mol. The minimum Gasteiger partial charge on any atom is -0.354 e. The predicted molar refractivity (Wildman–Crippen MR) is 60.5 cm³/mol. The van der Waals surface area contributed by atoms with Gasteiger partial charge in [0.05, 0.1) is 11.8 Å². The second-order valence-electron chi connectivity index (χ2n) is 3.52. The summed E-state index contributed by atoms with van der Waals surface area (Å²) in [6, 6.07) is -0.272. The Bertz CT molecular complexity index is 324. The predicted octanol–water partition coefficient (Wildman–Crippen LogP) is -2.79. The van der Waals surface area contributed by atoms with Crippen LogP contribution in [0.3, 0.4) is 0 Å². The zero-order chi connectivity index (χ0) is 12.0. The van der Waals surface area contributed by atoms with E-state index in [2.05, 4.69) is 20.7 Å². The summed E-state index contributed by atoms with van der Waals surface area (Å²) in [5.74, 6) is -0.270. The van der Waals surface area contributed by atoms with Crippen molar-refractivity contribution in [3.05, 3.63) is 0 Å². The minimum atomic E-state index is -3.25. The van der Waals surface area contributed by atoms with E-state index < -0.39 is 10.0 Å². The maximum atomic E-state index is 11.5. The Hall–Kier alpha value is -0.700. The Labute approximate surface area is 95.4 Å². The zero-order valence-corrected chi connectivity index (χ0v) is 10.1. The van der Waals surface area contributed by atoms with Crippen LogP contribution in [-0.2, 0) is 14.8 Å². The van der Waals surface area contributed by atoms with Crippen molar-refractivity contribution in [1.82, 2.24) is 20.7 Å². The first kappa shape index (κ1) is 13.4. The number of hydrogen-bond acceptors (Lipinski definition) is 5. The van der Waals surface area contributed by atoms with Crippen LogP contribution in [0.25, 0.3) is 0 Å². The Morgan fingerprint density at radius 2 is 2.19 bits per heavy atom. The molecule has 1 unspecified atom stereocenters. The summed E-state index contributed by atoms with van der Waals surface area (Å²) in [7, 11) is -1.90. The molecule has 1 saturated heterocycles. The molecule has 0 aliphatic carbocycles. The van der Waals surface area contributed by atoms with E-state index in [1.165, 1.54) is 7.05 Å². The van der Waals surface area contributed by atoms with E-state index in [-0.39, 0.29) is 24.2 Å². The number of carbonyl (C=O) groups excluding carboxylic acids is 1. The molecule has 94 valence electrons. The average molecular weight is 250 g/mol. The van der Waals surface area contributed by atoms with Crippen molar-refractivity contribution in [3.63, 3.8) is 0 Å². The van der Waals surface area contributed by atoms with Gasteiger partial charge in [-0.3, -0.25) is 4.79 Å². The van der Waals surface area contributed by atoms with Gasteiger partial charge >= 0.3 is 0 Å². The van der Waals surface area contributed by atoms with Gasteiger partial charge in [0.15, 0.2) is 0 Å².